The minimum Gasteiger partial charge on any atom is -0.465 e. The number of rotatable bonds is 6. The minimum atomic E-state index is -0.548. The van der Waals surface area contributed by atoms with Crippen LogP contribution in [0.4, 0.5) is 5.69 Å². The normalized spacial score (nSPS) is 10.1. The number of methoxy groups -OCH3 is 1. The van der Waals surface area contributed by atoms with Gasteiger partial charge >= 0.3 is 5.97 Å². The predicted molar refractivity (Wildman–Crippen MR) is 97.6 cm³/mol. The van der Waals surface area contributed by atoms with Gasteiger partial charge in [0.05, 0.1) is 34.5 Å². The van der Waals surface area contributed by atoms with Gasteiger partial charge in [-0.05, 0) is 30.7 Å². The highest BCUT2D eigenvalue weighted by atomic mass is 35.5. The van der Waals surface area contributed by atoms with Crippen LogP contribution in [0.15, 0.2) is 36.7 Å². The van der Waals surface area contributed by atoms with Crippen LogP contribution < -0.4 is 10.6 Å². The van der Waals surface area contributed by atoms with Crippen LogP contribution in [-0.2, 0) is 4.74 Å². The first-order valence-corrected chi connectivity index (χ1v) is 8.26. The first-order chi connectivity index (χ1) is 12.5. The van der Waals surface area contributed by atoms with Crippen molar-refractivity contribution >= 4 is 35.1 Å². The fraction of sp³-hybridized carbons (Fsp3) is 0.222. The first-order valence-electron chi connectivity index (χ1n) is 7.88. The number of ether oxygens (including phenoxy) is 1. The van der Waals surface area contributed by atoms with E-state index in [9.17, 15) is 14.4 Å². The van der Waals surface area contributed by atoms with Gasteiger partial charge in [-0.2, -0.15) is 0 Å². The summed E-state index contributed by atoms with van der Waals surface area (Å²) in [4.78, 5) is 40.0. The van der Waals surface area contributed by atoms with Gasteiger partial charge in [0, 0.05) is 18.9 Å². The summed E-state index contributed by atoms with van der Waals surface area (Å²) < 4.78 is 4.65. The molecule has 0 saturated carbocycles. The summed E-state index contributed by atoms with van der Waals surface area (Å²) in [6, 6.07) is 5.82. The van der Waals surface area contributed by atoms with Crippen molar-refractivity contribution < 1.29 is 19.1 Å². The molecule has 0 atom stereocenters. The van der Waals surface area contributed by atoms with Crippen molar-refractivity contribution in [3.63, 3.8) is 0 Å². The van der Waals surface area contributed by atoms with Gasteiger partial charge in [0.2, 0.25) is 0 Å². The van der Waals surface area contributed by atoms with Crippen molar-refractivity contribution in [3.8, 4) is 0 Å². The lowest BCUT2D eigenvalue weighted by Gasteiger charge is -2.10. The average Bonchev–Trinajstić information content (AvgIpc) is 2.67. The number of anilines is 1. The number of nitrogens with one attached hydrogen (secondary N) is 2. The number of carbonyl (C=O) groups excluding carboxylic acids is 3. The molecule has 0 bridgehead atoms. The van der Waals surface area contributed by atoms with Gasteiger partial charge in [-0.15, -0.1) is 0 Å². The second-order valence-electron chi connectivity index (χ2n) is 5.36. The molecule has 2 amide bonds. The highest BCUT2D eigenvalue weighted by molar-refractivity contribution is 6.34. The van der Waals surface area contributed by atoms with E-state index in [-0.39, 0.29) is 33.3 Å². The first kappa shape index (κ1) is 19.4. The molecule has 2 rings (SSSR count). The molecule has 0 spiro atoms. The standard InChI is InChI=1S/C18H18ClN3O4/c1-3-6-21-16(23)12-7-13(10-20-9-12)17(24)22-15-8-11(18(25)26-2)4-5-14(15)19/h4-5,7-10H,3,6H2,1-2H3,(H,21,23)(H,22,24). The SMILES string of the molecule is CCCNC(=O)c1cncc(C(=O)Nc2cc(C(=O)OC)ccc2Cl)c1. The molecule has 136 valence electrons. The van der Waals surface area contributed by atoms with E-state index < -0.39 is 11.9 Å². The van der Waals surface area contributed by atoms with Crippen LogP contribution in [-0.4, -0.2) is 36.4 Å². The number of nitrogens with zero attached hydrogens (tertiary/aromatic N) is 1. The van der Waals surface area contributed by atoms with E-state index in [1.165, 1.54) is 43.8 Å². The van der Waals surface area contributed by atoms with Crippen molar-refractivity contribution in [2.45, 2.75) is 13.3 Å². The Bertz CT molecular complexity index is 839. The van der Waals surface area contributed by atoms with Gasteiger partial charge in [0.1, 0.15) is 0 Å². The molecule has 0 saturated heterocycles. The summed E-state index contributed by atoms with van der Waals surface area (Å²) in [5.41, 5.74) is 0.965. The molecule has 8 heteroatoms. The summed E-state index contributed by atoms with van der Waals surface area (Å²) in [6.07, 6.45) is 3.52. The number of benzene rings is 1. The molecule has 0 unspecified atom stereocenters. The fourth-order valence-electron chi connectivity index (χ4n) is 2.09. The third-order valence-corrected chi connectivity index (χ3v) is 3.76. The molecule has 0 aliphatic heterocycles. The Balaban J connectivity index is 2.20. The second kappa shape index (κ2) is 8.96. The molecule has 1 aromatic heterocycles. The molecule has 0 aliphatic rings. The minimum absolute atomic E-state index is 0.189. The quantitative estimate of drug-likeness (QED) is 0.756. The van der Waals surface area contributed by atoms with Gasteiger partial charge < -0.3 is 15.4 Å². The van der Waals surface area contributed by atoms with Crippen molar-refractivity contribution in [3.05, 3.63) is 58.4 Å². The lowest BCUT2D eigenvalue weighted by molar-refractivity contribution is 0.0600. The number of pyridine rings is 1. The zero-order chi connectivity index (χ0) is 19.1. The molecule has 1 aromatic carbocycles. The maximum absolute atomic E-state index is 12.4. The zero-order valence-electron chi connectivity index (χ0n) is 14.3. The summed E-state index contributed by atoms with van der Waals surface area (Å²) in [7, 11) is 1.26. The smallest absolute Gasteiger partial charge is 0.337 e. The highest BCUT2D eigenvalue weighted by Gasteiger charge is 2.14. The lowest BCUT2D eigenvalue weighted by atomic mass is 10.1. The van der Waals surface area contributed by atoms with E-state index in [0.29, 0.717) is 6.54 Å². The number of esters is 1. The van der Waals surface area contributed by atoms with Crippen molar-refractivity contribution in [1.82, 2.24) is 10.3 Å². The summed E-state index contributed by atoms with van der Waals surface area (Å²) in [6.45, 7) is 2.47. The van der Waals surface area contributed by atoms with E-state index >= 15 is 0 Å². The topological polar surface area (TPSA) is 97.4 Å². The van der Waals surface area contributed by atoms with Gasteiger partial charge in [-0.1, -0.05) is 18.5 Å². The lowest BCUT2D eigenvalue weighted by Crippen LogP contribution is -2.24. The fourth-order valence-corrected chi connectivity index (χ4v) is 2.25. The Kier molecular flexibility index (Phi) is 6.68. The largest absolute Gasteiger partial charge is 0.465 e. The summed E-state index contributed by atoms with van der Waals surface area (Å²) in [5.74, 6) is -1.36. The zero-order valence-corrected chi connectivity index (χ0v) is 15.1. The van der Waals surface area contributed by atoms with Crippen molar-refractivity contribution in [2.75, 3.05) is 19.0 Å². The summed E-state index contributed by atoms with van der Waals surface area (Å²) in [5, 5.41) is 5.58. The number of aromatic nitrogens is 1. The number of amides is 2. The Labute approximate surface area is 155 Å². The Hall–Kier alpha value is -2.93. The number of carbonyl (C=O) groups is 3. The molecule has 26 heavy (non-hydrogen) atoms. The van der Waals surface area contributed by atoms with Gasteiger partial charge in [-0.25, -0.2) is 4.79 Å². The Morgan fingerprint density at radius 1 is 1.08 bits per heavy atom. The maximum atomic E-state index is 12.4. The average molecular weight is 376 g/mol. The molecule has 0 fully saturated rings. The van der Waals surface area contributed by atoms with Crippen LogP contribution >= 0.6 is 11.6 Å². The van der Waals surface area contributed by atoms with Crippen LogP contribution in [0.5, 0.6) is 0 Å². The van der Waals surface area contributed by atoms with E-state index in [1.807, 2.05) is 6.92 Å². The van der Waals surface area contributed by atoms with Gasteiger partial charge in [0.25, 0.3) is 11.8 Å². The van der Waals surface area contributed by atoms with Crippen LogP contribution in [0.3, 0.4) is 0 Å². The third kappa shape index (κ3) is 4.80. The molecule has 2 N–H and O–H groups in total. The van der Waals surface area contributed by atoms with Crippen LogP contribution in [0, 0.1) is 0 Å². The summed E-state index contributed by atoms with van der Waals surface area (Å²) >= 11 is 6.07. The number of hydrogen-bond acceptors (Lipinski definition) is 5. The predicted octanol–water partition coefficient (Wildman–Crippen LogP) is 2.91. The molecule has 2 aromatic rings. The maximum Gasteiger partial charge on any atom is 0.337 e. The molecule has 7 nitrogen and oxygen atoms in total. The van der Waals surface area contributed by atoms with E-state index in [4.69, 9.17) is 11.6 Å². The molecular formula is C18H18ClN3O4. The highest BCUT2D eigenvalue weighted by Crippen LogP contribution is 2.24. The molecule has 0 aliphatic carbocycles. The molecular weight excluding hydrogens is 358 g/mol. The van der Waals surface area contributed by atoms with Gasteiger partial charge in [0.15, 0.2) is 0 Å². The van der Waals surface area contributed by atoms with Crippen LogP contribution in [0.1, 0.15) is 44.4 Å². The van der Waals surface area contributed by atoms with Crippen LogP contribution in [0.25, 0.3) is 0 Å². The monoisotopic (exact) mass is 375 g/mol. The van der Waals surface area contributed by atoms with Crippen molar-refractivity contribution in [1.29, 1.82) is 0 Å². The molecule has 1 heterocycles. The Morgan fingerprint density at radius 3 is 2.42 bits per heavy atom. The van der Waals surface area contributed by atoms with E-state index in [2.05, 4.69) is 20.4 Å². The van der Waals surface area contributed by atoms with Gasteiger partial charge in [-0.3, -0.25) is 14.6 Å². The molecule has 0 radical (unpaired) electrons. The second-order valence-corrected chi connectivity index (χ2v) is 5.77. The number of halogens is 1. The third-order valence-electron chi connectivity index (χ3n) is 3.43. The number of hydrogen-bond donors (Lipinski definition) is 2. The Morgan fingerprint density at radius 2 is 1.77 bits per heavy atom. The van der Waals surface area contributed by atoms with E-state index in [1.54, 1.807) is 0 Å². The van der Waals surface area contributed by atoms with Crippen LogP contribution in [0.2, 0.25) is 5.02 Å². The van der Waals surface area contributed by atoms with E-state index in [0.717, 1.165) is 6.42 Å². The van der Waals surface area contributed by atoms with Crippen molar-refractivity contribution in [2.24, 2.45) is 0 Å².